The highest BCUT2D eigenvalue weighted by atomic mass is 79.9. The number of nitrogens with zero attached hydrogens (tertiary/aromatic N) is 2. The van der Waals surface area contributed by atoms with Gasteiger partial charge in [-0.3, -0.25) is 4.79 Å². The lowest BCUT2D eigenvalue weighted by Gasteiger charge is -2.03. The third-order valence-corrected chi connectivity index (χ3v) is 3.38. The van der Waals surface area contributed by atoms with Crippen LogP contribution in [0.25, 0.3) is 10.9 Å². The molecule has 0 radical (unpaired) electrons. The average Bonchev–Trinajstić information content (AvgIpc) is 2.26. The molecule has 0 bridgehead atoms. The first kappa shape index (κ1) is 11.3. The Bertz CT molecular complexity index is 547. The summed E-state index contributed by atoms with van der Waals surface area (Å²) in [6.45, 7) is 0. The van der Waals surface area contributed by atoms with Gasteiger partial charge in [-0.1, -0.05) is 27.7 Å². The first-order chi connectivity index (χ1) is 7.66. The second kappa shape index (κ2) is 4.80. The molecule has 1 aromatic heterocycles. The summed E-state index contributed by atoms with van der Waals surface area (Å²) in [6.07, 6.45) is 1.44. The van der Waals surface area contributed by atoms with Crippen molar-refractivity contribution in [3.05, 3.63) is 29.0 Å². The summed E-state index contributed by atoms with van der Waals surface area (Å²) in [5, 5.41) is 10.2. The third kappa shape index (κ3) is 2.51. The second-order valence-corrected chi connectivity index (χ2v) is 4.90. The number of fused-ring (bicyclic) bond motifs is 1. The van der Waals surface area contributed by atoms with E-state index in [0.29, 0.717) is 5.03 Å². The number of carboxylic acid groups (broad SMARTS) is 1. The van der Waals surface area contributed by atoms with Gasteiger partial charge in [0.15, 0.2) is 0 Å². The van der Waals surface area contributed by atoms with E-state index in [1.807, 2.05) is 18.2 Å². The van der Waals surface area contributed by atoms with Gasteiger partial charge in [0.2, 0.25) is 0 Å². The number of carbonyl (C=O) groups is 1. The standard InChI is InChI=1S/C10H7BrN2O2S/c11-6-1-2-8-7(3-6)10(13-5-12-8)16-4-9(14)15/h1-3,5H,4H2,(H,14,15). The lowest BCUT2D eigenvalue weighted by molar-refractivity contribution is -0.133. The van der Waals surface area contributed by atoms with Gasteiger partial charge in [0, 0.05) is 9.86 Å². The fraction of sp³-hybridized carbons (Fsp3) is 0.100. The number of thioether (sulfide) groups is 1. The zero-order valence-corrected chi connectivity index (χ0v) is 10.5. The number of halogens is 1. The summed E-state index contributed by atoms with van der Waals surface area (Å²) in [5.74, 6) is -0.856. The van der Waals surface area contributed by atoms with Crippen LogP contribution in [0.3, 0.4) is 0 Å². The van der Waals surface area contributed by atoms with E-state index in [9.17, 15) is 4.79 Å². The SMILES string of the molecule is O=C(O)CSc1ncnc2ccc(Br)cc12. The summed E-state index contributed by atoms with van der Waals surface area (Å²) in [4.78, 5) is 18.7. The molecule has 0 fully saturated rings. The summed E-state index contributed by atoms with van der Waals surface area (Å²) >= 11 is 4.56. The van der Waals surface area contributed by atoms with Crippen LogP contribution in [0.2, 0.25) is 0 Å². The fourth-order valence-electron chi connectivity index (χ4n) is 1.25. The molecule has 0 atom stereocenters. The Morgan fingerprint density at radius 1 is 1.44 bits per heavy atom. The molecule has 2 rings (SSSR count). The number of carboxylic acids is 1. The lowest BCUT2D eigenvalue weighted by atomic mass is 10.2. The van der Waals surface area contributed by atoms with Crippen LogP contribution in [0.1, 0.15) is 0 Å². The van der Waals surface area contributed by atoms with Crippen LogP contribution in [-0.4, -0.2) is 26.8 Å². The minimum Gasteiger partial charge on any atom is -0.481 e. The lowest BCUT2D eigenvalue weighted by Crippen LogP contribution is -1.98. The molecular weight excluding hydrogens is 292 g/mol. The number of aromatic nitrogens is 2. The molecule has 6 heteroatoms. The van der Waals surface area contributed by atoms with E-state index in [-0.39, 0.29) is 5.75 Å². The number of benzene rings is 1. The van der Waals surface area contributed by atoms with E-state index in [0.717, 1.165) is 15.4 Å². The van der Waals surface area contributed by atoms with E-state index in [1.165, 1.54) is 18.1 Å². The molecule has 1 aromatic carbocycles. The van der Waals surface area contributed by atoms with E-state index >= 15 is 0 Å². The van der Waals surface area contributed by atoms with Crippen molar-refractivity contribution in [3.63, 3.8) is 0 Å². The van der Waals surface area contributed by atoms with E-state index < -0.39 is 5.97 Å². The Balaban J connectivity index is 2.43. The highest BCUT2D eigenvalue weighted by Crippen LogP contribution is 2.26. The summed E-state index contributed by atoms with van der Waals surface area (Å²) in [7, 11) is 0. The van der Waals surface area contributed by atoms with E-state index in [2.05, 4.69) is 25.9 Å². The highest BCUT2D eigenvalue weighted by molar-refractivity contribution is 9.10. The van der Waals surface area contributed by atoms with Gasteiger partial charge < -0.3 is 5.11 Å². The van der Waals surface area contributed by atoms with Crippen LogP contribution < -0.4 is 0 Å². The topological polar surface area (TPSA) is 63.1 Å². The minimum atomic E-state index is -0.855. The van der Waals surface area contributed by atoms with Gasteiger partial charge in [-0.2, -0.15) is 0 Å². The van der Waals surface area contributed by atoms with Gasteiger partial charge >= 0.3 is 5.97 Å². The number of hydrogen-bond acceptors (Lipinski definition) is 4. The van der Waals surface area contributed by atoms with Gasteiger partial charge in [-0.25, -0.2) is 9.97 Å². The molecule has 1 N–H and O–H groups in total. The molecule has 0 saturated heterocycles. The number of rotatable bonds is 3. The summed E-state index contributed by atoms with van der Waals surface area (Å²) in [5.41, 5.74) is 0.811. The first-order valence-corrected chi connectivity index (χ1v) is 6.19. The highest BCUT2D eigenvalue weighted by Gasteiger charge is 2.06. The van der Waals surface area contributed by atoms with Gasteiger partial charge in [-0.05, 0) is 18.2 Å². The Morgan fingerprint density at radius 2 is 2.25 bits per heavy atom. The minimum absolute atomic E-state index is 0.00136. The van der Waals surface area contributed by atoms with Crippen molar-refractivity contribution in [2.75, 3.05) is 5.75 Å². The average molecular weight is 299 g/mol. The maximum absolute atomic E-state index is 10.5. The molecule has 0 aliphatic carbocycles. The summed E-state index contributed by atoms with van der Waals surface area (Å²) in [6, 6.07) is 5.65. The van der Waals surface area contributed by atoms with Crippen molar-refractivity contribution in [2.24, 2.45) is 0 Å². The molecule has 2 aromatic rings. The van der Waals surface area contributed by atoms with Gasteiger partial charge in [0.25, 0.3) is 0 Å². The zero-order chi connectivity index (χ0) is 11.5. The Kier molecular flexibility index (Phi) is 3.40. The van der Waals surface area contributed by atoms with Crippen LogP contribution in [-0.2, 0) is 4.79 Å². The quantitative estimate of drug-likeness (QED) is 0.697. The van der Waals surface area contributed by atoms with Crippen molar-refractivity contribution in [1.82, 2.24) is 9.97 Å². The van der Waals surface area contributed by atoms with Crippen LogP contribution in [0.5, 0.6) is 0 Å². The van der Waals surface area contributed by atoms with E-state index in [4.69, 9.17) is 5.11 Å². The fourth-order valence-corrected chi connectivity index (χ4v) is 2.31. The maximum Gasteiger partial charge on any atom is 0.313 e. The van der Waals surface area contributed by atoms with Gasteiger partial charge in [0.1, 0.15) is 11.4 Å². The van der Waals surface area contributed by atoms with Crippen LogP contribution in [0.15, 0.2) is 34.0 Å². The predicted octanol–water partition coefficient (Wildman–Crippen LogP) is 2.57. The molecule has 4 nitrogen and oxygen atoms in total. The Labute approximate surface area is 104 Å². The second-order valence-electron chi connectivity index (χ2n) is 3.02. The molecule has 0 spiro atoms. The molecule has 1 heterocycles. The van der Waals surface area contributed by atoms with Crippen LogP contribution >= 0.6 is 27.7 Å². The number of hydrogen-bond donors (Lipinski definition) is 1. The number of aliphatic carboxylic acids is 1. The van der Waals surface area contributed by atoms with Crippen LogP contribution in [0.4, 0.5) is 0 Å². The zero-order valence-electron chi connectivity index (χ0n) is 8.05. The first-order valence-electron chi connectivity index (χ1n) is 4.41. The van der Waals surface area contributed by atoms with E-state index in [1.54, 1.807) is 0 Å². The Morgan fingerprint density at radius 3 is 3.00 bits per heavy atom. The molecule has 0 unspecified atom stereocenters. The van der Waals surface area contributed by atoms with Gasteiger partial charge in [0.05, 0.1) is 11.3 Å². The molecule has 0 amide bonds. The van der Waals surface area contributed by atoms with Crippen molar-refractivity contribution in [1.29, 1.82) is 0 Å². The molecule has 16 heavy (non-hydrogen) atoms. The van der Waals surface area contributed by atoms with Crippen molar-refractivity contribution < 1.29 is 9.90 Å². The Hall–Kier alpha value is -1.14. The smallest absolute Gasteiger partial charge is 0.313 e. The monoisotopic (exact) mass is 298 g/mol. The summed E-state index contributed by atoms with van der Waals surface area (Å²) < 4.78 is 0.923. The third-order valence-electron chi connectivity index (χ3n) is 1.89. The van der Waals surface area contributed by atoms with Crippen molar-refractivity contribution in [2.45, 2.75) is 5.03 Å². The molecule has 0 saturated carbocycles. The molecule has 82 valence electrons. The maximum atomic E-state index is 10.5. The molecular formula is C10H7BrN2O2S. The van der Waals surface area contributed by atoms with Crippen molar-refractivity contribution in [3.8, 4) is 0 Å². The predicted molar refractivity (Wildman–Crippen MR) is 65.6 cm³/mol. The molecule has 0 aliphatic rings. The van der Waals surface area contributed by atoms with Crippen molar-refractivity contribution >= 4 is 44.6 Å². The normalized spacial score (nSPS) is 10.6. The molecule has 0 aliphatic heterocycles. The largest absolute Gasteiger partial charge is 0.481 e. The van der Waals surface area contributed by atoms with Crippen LogP contribution in [0, 0.1) is 0 Å². The van der Waals surface area contributed by atoms with Gasteiger partial charge in [-0.15, -0.1) is 0 Å².